The Morgan fingerprint density at radius 2 is 1.81 bits per heavy atom. The SMILES string of the molecule is CCN(C)/C=N/c1cc(Cl)c(Oc2ccc(Cl)c(C(C)(C)C)c2)cc1C. The molecule has 140 valence electrons. The van der Waals surface area contributed by atoms with Gasteiger partial charge in [0.1, 0.15) is 11.5 Å². The van der Waals surface area contributed by atoms with Crippen LogP contribution >= 0.6 is 23.2 Å². The monoisotopic (exact) mass is 392 g/mol. The van der Waals surface area contributed by atoms with Gasteiger partial charge in [0.2, 0.25) is 0 Å². The van der Waals surface area contributed by atoms with E-state index in [1.54, 1.807) is 6.34 Å². The summed E-state index contributed by atoms with van der Waals surface area (Å²) in [4.78, 5) is 6.49. The molecule has 2 aromatic rings. The third-order valence-corrected chi connectivity index (χ3v) is 4.74. The smallest absolute Gasteiger partial charge is 0.146 e. The Labute approximate surface area is 166 Å². The highest BCUT2D eigenvalue weighted by Crippen LogP contribution is 2.38. The van der Waals surface area contributed by atoms with Crippen molar-refractivity contribution in [2.45, 2.75) is 40.0 Å². The minimum Gasteiger partial charge on any atom is -0.456 e. The molecule has 0 saturated heterocycles. The number of ether oxygens (including phenoxy) is 1. The summed E-state index contributed by atoms with van der Waals surface area (Å²) in [6, 6.07) is 9.42. The average molecular weight is 393 g/mol. The molecule has 0 unspecified atom stereocenters. The Morgan fingerprint density at radius 1 is 1.12 bits per heavy atom. The summed E-state index contributed by atoms with van der Waals surface area (Å²) in [5, 5.41) is 1.26. The molecule has 2 rings (SSSR count). The number of halogens is 2. The van der Waals surface area contributed by atoms with E-state index in [1.807, 2.05) is 49.2 Å². The van der Waals surface area contributed by atoms with Crippen LogP contribution in [0.25, 0.3) is 0 Å². The standard InChI is InChI=1S/C21H26Cl2N2O/c1-7-25(6)13-24-19-12-18(23)20(10-14(19)2)26-15-8-9-17(22)16(11-15)21(3,4)5/h8-13H,7H2,1-6H3/b24-13+. The summed E-state index contributed by atoms with van der Waals surface area (Å²) in [6.45, 7) is 11.3. The van der Waals surface area contributed by atoms with Gasteiger partial charge in [-0.2, -0.15) is 0 Å². The summed E-state index contributed by atoms with van der Waals surface area (Å²) in [7, 11) is 1.98. The lowest BCUT2D eigenvalue weighted by atomic mass is 9.87. The molecule has 3 nitrogen and oxygen atoms in total. The topological polar surface area (TPSA) is 24.8 Å². The molecule has 0 fully saturated rings. The van der Waals surface area contributed by atoms with Crippen LogP contribution in [0.4, 0.5) is 5.69 Å². The first kappa shape index (κ1) is 20.6. The highest BCUT2D eigenvalue weighted by Gasteiger charge is 2.18. The summed E-state index contributed by atoms with van der Waals surface area (Å²) in [5.74, 6) is 1.32. The van der Waals surface area contributed by atoms with Crippen molar-refractivity contribution >= 4 is 35.2 Å². The van der Waals surface area contributed by atoms with Crippen LogP contribution in [0.1, 0.15) is 38.8 Å². The van der Waals surface area contributed by atoms with E-state index in [1.165, 1.54) is 0 Å². The largest absolute Gasteiger partial charge is 0.456 e. The zero-order valence-corrected chi connectivity index (χ0v) is 17.7. The van der Waals surface area contributed by atoms with Gasteiger partial charge in [-0.25, -0.2) is 4.99 Å². The van der Waals surface area contributed by atoms with E-state index in [-0.39, 0.29) is 5.41 Å². The van der Waals surface area contributed by atoms with Crippen LogP contribution in [0.3, 0.4) is 0 Å². The molecular formula is C21H26Cl2N2O. The van der Waals surface area contributed by atoms with E-state index in [4.69, 9.17) is 27.9 Å². The number of hydrogen-bond acceptors (Lipinski definition) is 2. The second kappa shape index (κ2) is 8.32. The number of aliphatic imine (C=N–C) groups is 1. The van der Waals surface area contributed by atoms with Crippen molar-refractivity contribution < 1.29 is 4.74 Å². The van der Waals surface area contributed by atoms with E-state index in [0.717, 1.165) is 28.4 Å². The van der Waals surface area contributed by atoms with Crippen molar-refractivity contribution in [1.82, 2.24) is 4.90 Å². The number of rotatable bonds is 5. The predicted molar refractivity (Wildman–Crippen MR) is 113 cm³/mol. The van der Waals surface area contributed by atoms with E-state index in [9.17, 15) is 0 Å². The van der Waals surface area contributed by atoms with Gasteiger partial charge < -0.3 is 9.64 Å². The van der Waals surface area contributed by atoms with Gasteiger partial charge in [-0.3, -0.25) is 0 Å². The second-order valence-electron chi connectivity index (χ2n) is 7.38. The molecule has 0 spiro atoms. The third kappa shape index (κ3) is 5.15. The van der Waals surface area contributed by atoms with Crippen molar-refractivity contribution in [3.8, 4) is 11.5 Å². The average Bonchev–Trinajstić information content (AvgIpc) is 2.56. The predicted octanol–water partition coefficient (Wildman–Crippen LogP) is 7.00. The van der Waals surface area contributed by atoms with Crippen molar-refractivity contribution in [2.75, 3.05) is 13.6 Å². The van der Waals surface area contributed by atoms with Crippen LogP contribution in [-0.2, 0) is 5.41 Å². The zero-order chi connectivity index (χ0) is 19.5. The lowest BCUT2D eigenvalue weighted by Gasteiger charge is -2.21. The van der Waals surface area contributed by atoms with Crippen LogP contribution in [-0.4, -0.2) is 24.8 Å². The number of aryl methyl sites for hydroxylation is 1. The van der Waals surface area contributed by atoms with Crippen LogP contribution in [0.15, 0.2) is 35.3 Å². The molecule has 0 aliphatic heterocycles. The molecule has 2 aromatic carbocycles. The first-order valence-electron chi connectivity index (χ1n) is 8.64. The lowest BCUT2D eigenvalue weighted by molar-refractivity contribution is 0.478. The van der Waals surface area contributed by atoms with Gasteiger partial charge in [0, 0.05) is 18.6 Å². The minimum absolute atomic E-state index is 0.0694. The molecule has 0 atom stereocenters. The van der Waals surface area contributed by atoms with Gasteiger partial charge in [-0.05, 0) is 60.7 Å². The maximum atomic E-state index is 6.42. The van der Waals surface area contributed by atoms with Crippen LogP contribution in [0, 0.1) is 6.92 Å². The van der Waals surface area contributed by atoms with Crippen molar-refractivity contribution in [2.24, 2.45) is 4.99 Å². The van der Waals surface area contributed by atoms with Crippen molar-refractivity contribution in [3.63, 3.8) is 0 Å². The third-order valence-electron chi connectivity index (χ3n) is 4.12. The molecule has 0 aromatic heterocycles. The van der Waals surface area contributed by atoms with E-state index in [2.05, 4.69) is 32.7 Å². The van der Waals surface area contributed by atoms with Gasteiger partial charge in [0.05, 0.1) is 17.0 Å². The number of benzene rings is 2. The fourth-order valence-electron chi connectivity index (χ4n) is 2.37. The first-order chi connectivity index (χ1) is 12.1. The Morgan fingerprint density at radius 3 is 2.42 bits per heavy atom. The van der Waals surface area contributed by atoms with Gasteiger partial charge in [0.15, 0.2) is 0 Å². The molecule has 0 heterocycles. The van der Waals surface area contributed by atoms with Crippen LogP contribution < -0.4 is 4.74 Å². The van der Waals surface area contributed by atoms with Gasteiger partial charge in [-0.1, -0.05) is 44.0 Å². The maximum absolute atomic E-state index is 6.42. The number of nitrogens with zero attached hydrogens (tertiary/aromatic N) is 2. The zero-order valence-electron chi connectivity index (χ0n) is 16.2. The van der Waals surface area contributed by atoms with E-state index >= 15 is 0 Å². The van der Waals surface area contributed by atoms with Crippen LogP contribution in [0.5, 0.6) is 11.5 Å². The van der Waals surface area contributed by atoms with Gasteiger partial charge in [0.25, 0.3) is 0 Å². The van der Waals surface area contributed by atoms with Gasteiger partial charge in [-0.15, -0.1) is 0 Å². The molecule has 0 N–H and O–H groups in total. The second-order valence-corrected chi connectivity index (χ2v) is 8.20. The fourth-order valence-corrected chi connectivity index (χ4v) is 2.97. The summed E-state index contributed by atoms with van der Waals surface area (Å²) in [5.41, 5.74) is 2.79. The Bertz CT molecular complexity index is 810. The summed E-state index contributed by atoms with van der Waals surface area (Å²) < 4.78 is 6.03. The highest BCUT2D eigenvalue weighted by molar-refractivity contribution is 6.32. The minimum atomic E-state index is -0.0694. The molecular weight excluding hydrogens is 367 g/mol. The normalized spacial score (nSPS) is 11.8. The summed E-state index contributed by atoms with van der Waals surface area (Å²) >= 11 is 12.8. The fraction of sp³-hybridized carbons (Fsp3) is 0.381. The molecule has 0 aliphatic rings. The van der Waals surface area contributed by atoms with Crippen LogP contribution in [0.2, 0.25) is 10.0 Å². The summed E-state index contributed by atoms with van der Waals surface area (Å²) in [6.07, 6.45) is 1.80. The molecule has 0 amide bonds. The molecule has 0 saturated carbocycles. The Balaban J connectivity index is 2.31. The Hall–Kier alpha value is -1.71. The Kier molecular flexibility index (Phi) is 6.59. The lowest BCUT2D eigenvalue weighted by Crippen LogP contribution is -2.14. The van der Waals surface area contributed by atoms with E-state index in [0.29, 0.717) is 16.5 Å². The van der Waals surface area contributed by atoms with Crippen molar-refractivity contribution in [1.29, 1.82) is 0 Å². The van der Waals surface area contributed by atoms with Crippen molar-refractivity contribution in [3.05, 3.63) is 51.5 Å². The molecule has 5 heteroatoms. The van der Waals surface area contributed by atoms with Gasteiger partial charge >= 0.3 is 0 Å². The number of hydrogen-bond donors (Lipinski definition) is 0. The first-order valence-corrected chi connectivity index (χ1v) is 9.40. The highest BCUT2D eigenvalue weighted by atomic mass is 35.5. The molecule has 26 heavy (non-hydrogen) atoms. The maximum Gasteiger partial charge on any atom is 0.146 e. The molecule has 0 aliphatic carbocycles. The van der Waals surface area contributed by atoms with E-state index < -0.39 is 0 Å². The quantitative estimate of drug-likeness (QED) is 0.403. The molecule has 0 radical (unpaired) electrons. The molecule has 0 bridgehead atoms.